The van der Waals surface area contributed by atoms with E-state index in [0.717, 1.165) is 6.42 Å². The molecule has 0 radical (unpaired) electrons. The van der Waals surface area contributed by atoms with Crippen LogP contribution < -0.4 is 0 Å². The summed E-state index contributed by atoms with van der Waals surface area (Å²) < 4.78 is 15.3. The van der Waals surface area contributed by atoms with Crippen LogP contribution in [0.15, 0.2) is 0 Å². The highest BCUT2D eigenvalue weighted by Crippen LogP contribution is 2.22. The van der Waals surface area contributed by atoms with Gasteiger partial charge in [0.15, 0.2) is 5.44 Å². The van der Waals surface area contributed by atoms with Crippen molar-refractivity contribution in [2.45, 2.75) is 38.4 Å². The third-order valence-electron chi connectivity index (χ3n) is 1.85. The Labute approximate surface area is 98.8 Å². The van der Waals surface area contributed by atoms with Gasteiger partial charge < -0.3 is 14.2 Å². The van der Waals surface area contributed by atoms with Gasteiger partial charge in [-0.05, 0) is 6.42 Å². The Morgan fingerprint density at radius 2 is 2.19 bits per heavy atom. The maximum absolute atomic E-state index is 11.2. The van der Waals surface area contributed by atoms with E-state index >= 15 is 0 Å². The zero-order valence-corrected chi connectivity index (χ0v) is 10.2. The van der Waals surface area contributed by atoms with Gasteiger partial charge in [-0.15, -0.1) is 11.8 Å². The number of esters is 2. The molecule has 0 aliphatic carbocycles. The third-order valence-corrected chi connectivity index (χ3v) is 2.92. The second-order valence-corrected chi connectivity index (χ2v) is 4.57. The van der Waals surface area contributed by atoms with E-state index in [0.29, 0.717) is 12.2 Å². The smallest absolute Gasteiger partial charge is 0.306 e. The van der Waals surface area contributed by atoms with E-state index < -0.39 is 6.29 Å². The molecule has 6 heteroatoms. The molecule has 0 N–H and O–H groups in total. The molecule has 0 bridgehead atoms. The molecule has 0 aromatic rings. The summed E-state index contributed by atoms with van der Waals surface area (Å²) in [6.45, 7) is 3.52. The number of hydrogen-bond donors (Lipinski definition) is 0. The lowest BCUT2D eigenvalue weighted by Gasteiger charge is -2.27. The predicted octanol–water partition coefficient (Wildman–Crippen LogP) is 1.31. The van der Waals surface area contributed by atoms with Crippen LogP contribution >= 0.6 is 11.8 Å². The SMILES string of the molecule is CCCC(=O)OC1COC(OC(C)=O)CS1. The Bertz CT molecular complexity index is 248. The van der Waals surface area contributed by atoms with Crippen LogP contribution in [0.5, 0.6) is 0 Å². The number of carbonyl (C=O) groups excluding carboxylic acids is 2. The molecule has 0 amide bonds. The van der Waals surface area contributed by atoms with Crippen LogP contribution in [0.3, 0.4) is 0 Å². The molecule has 16 heavy (non-hydrogen) atoms. The third kappa shape index (κ3) is 4.85. The average molecular weight is 248 g/mol. The number of thioether (sulfide) groups is 1. The van der Waals surface area contributed by atoms with Crippen molar-refractivity contribution in [1.82, 2.24) is 0 Å². The maximum atomic E-state index is 11.2. The van der Waals surface area contributed by atoms with Crippen molar-refractivity contribution in [3.8, 4) is 0 Å². The molecule has 92 valence electrons. The summed E-state index contributed by atoms with van der Waals surface area (Å²) in [5.41, 5.74) is -0.286. The lowest BCUT2D eigenvalue weighted by molar-refractivity contribution is -0.179. The molecule has 1 rings (SSSR count). The van der Waals surface area contributed by atoms with Gasteiger partial charge in [-0.3, -0.25) is 9.59 Å². The molecular formula is C10H16O5S. The molecule has 1 aliphatic heterocycles. The van der Waals surface area contributed by atoms with Crippen molar-refractivity contribution in [1.29, 1.82) is 0 Å². The topological polar surface area (TPSA) is 61.8 Å². The summed E-state index contributed by atoms with van der Waals surface area (Å²) in [4.78, 5) is 21.9. The van der Waals surface area contributed by atoms with E-state index in [9.17, 15) is 9.59 Å². The Balaban J connectivity index is 2.21. The normalized spacial score (nSPS) is 24.9. The number of carbonyl (C=O) groups is 2. The summed E-state index contributed by atoms with van der Waals surface area (Å²) in [6.07, 6.45) is 0.668. The molecule has 2 atom stereocenters. The molecule has 1 fully saturated rings. The fraction of sp³-hybridized carbons (Fsp3) is 0.800. The van der Waals surface area contributed by atoms with E-state index in [1.807, 2.05) is 6.92 Å². The van der Waals surface area contributed by atoms with Crippen LogP contribution in [0.4, 0.5) is 0 Å². The highest BCUT2D eigenvalue weighted by atomic mass is 32.2. The molecule has 1 saturated heterocycles. The molecule has 5 nitrogen and oxygen atoms in total. The summed E-state index contributed by atoms with van der Waals surface area (Å²) in [6, 6.07) is 0. The standard InChI is InChI=1S/C10H16O5S/c1-3-4-8(12)15-10-5-13-9(6-16-10)14-7(2)11/h9-10H,3-6H2,1-2H3. The fourth-order valence-corrected chi connectivity index (χ4v) is 2.09. The Morgan fingerprint density at radius 3 is 2.69 bits per heavy atom. The van der Waals surface area contributed by atoms with Gasteiger partial charge in [-0.25, -0.2) is 0 Å². The van der Waals surface area contributed by atoms with E-state index in [4.69, 9.17) is 14.2 Å². The highest BCUT2D eigenvalue weighted by molar-refractivity contribution is 7.99. The minimum Gasteiger partial charge on any atom is -0.449 e. The molecule has 2 unspecified atom stereocenters. The first kappa shape index (κ1) is 13.3. The summed E-state index contributed by atoms with van der Waals surface area (Å²) in [5.74, 6) is -0.0922. The van der Waals surface area contributed by atoms with E-state index in [1.54, 1.807) is 0 Å². The first-order valence-electron chi connectivity index (χ1n) is 5.21. The van der Waals surface area contributed by atoms with E-state index in [-0.39, 0.29) is 24.0 Å². The fourth-order valence-electron chi connectivity index (χ4n) is 1.20. The Hall–Kier alpha value is -0.750. The molecule has 0 aromatic heterocycles. The maximum Gasteiger partial charge on any atom is 0.306 e. The Morgan fingerprint density at radius 1 is 1.44 bits per heavy atom. The summed E-state index contributed by atoms with van der Waals surface area (Å²) in [7, 11) is 0. The zero-order valence-electron chi connectivity index (χ0n) is 9.43. The minimum absolute atomic E-state index is 0.213. The van der Waals surface area contributed by atoms with Gasteiger partial charge in [0.1, 0.15) is 0 Å². The number of rotatable bonds is 4. The van der Waals surface area contributed by atoms with Crippen molar-refractivity contribution >= 4 is 23.7 Å². The van der Waals surface area contributed by atoms with Crippen LogP contribution in [-0.4, -0.2) is 36.0 Å². The second-order valence-electron chi connectivity index (χ2n) is 3.38. The number of ether oxygens (including phenoxy) is 3. The molecule has 1 heterocycles. The zero-order chi connectivity index (χ0) is 12.0. The van der Waals surface area contributed by atoms with Gasteiger partial charge >= 0.3 is 11.9 Å². The predicted molar refractivity (Wildman–Crippen MR) is 58.8 cm³/mol. The Kier molecular flexibility index (Phi) is 5.62. The molecular weight excluding hydrogens is 232 g/mol. The van der Waals surface area contributed by atoms with Crippen LogP contribution in [0.2, 0.25) is 0 Å². The van der Waals surface area contributed by atoms with Crippen molar-refractivity contribution in [3.05, 3.63) is 0 Å². The first-order chi connectivity index (χ1) is 7.61. The van der Waals surface area contributed by atoms with Crippen LogP contribution in [-0.2, 0) is 23.8 Å². The van der Waals surface area contributed by atoms with Crippen LogP contribution in [0.25, 0.3) is 0 Å². The van der Waals surface area contributed by atoms with Crippen molar-refractivity contribution in [2.75, 3.05) is 12.4 Å². The highest BCUT2D eigenvalue weighted by Gasteiger charge is 2.26. The molecule has 1 aliphatic rings. The molecule has 0 spiro atoms. The number of hydrogen-bond acceptors (Lipinski definition) is 6. The van der Waals surface area contributed by atoms with E-state index in [1.165, 1.54) is 18.7 Å². The lowest BCUT2D eigenvalue weighted by atomic mass is 10.3. The van der Waals surface area contributed by atoms with Gasteiger partial charge in [0, 0.05) is 13.3 Å². The van der Waals surface area contributed by atoms with Crippen molar-refractivity contribution < 1.29 is 23.8 Å². The van der Waals surface area contributed by atoms with Gasteiger partial charge in [-0.2, -0.15) is 0 Å². The minimum atomic E-state index is -0.524. The summed E-state index contributed by atoms with van der Waals surface area (Å²) in [5, 5.41) is 0. The van der Waals surface area contributed by atoms with Crippen molar-refractivity contribution in [3.63, 3.8) is 0 Å². The monoisotopic (exact) mass is 248 g/mol. The quantitative estimate of drug-likeness (QED) is 0.699. The summed E-state index contributed by atoms with van der Waals surface area (Å²) >= 11 is 1.42. The lowest BCUT2D eigenvalue weighted by Crippen LogP contribution is -2.34. The molecule has 0 aromatic carbocycles. The van der Waals surface area contributed by atoms with Gasteiger partial charge in [0.2, 0.25) is 6.29 Å². The second kappa shape index (κ2) is 6.75. The van der Waals surface area contributed by atoms with Gasteiger partial charge in [0.05, 0.1) is 12.4 Å². The molecule has 0 saturated carbocycles. The van der Waals surface area contributed by atoms with E-state index in [2.05, 4.69) is 0 Å². The van der Waals surface area contributed by atoms with Crippen molar-refractivity contribution in [2.24, 2.45) is 0 Å². The van der Waals surface area contributed by atoms with Gasteiger partial charge in [-0.1, -0.05) is 6.92 Å². The van der Waals surface area contributed by atoms with Crippen LogP contribution in [0, 0.1) is 0 Å². The van der Waals surface area contributed by atoms with Crippen LogP contribution in [0.1, 0.15) is 26.7 Å². The first-order valence-corrected chi connectivity index (χ1v) is 6.26. The largest absolute Gasteiger partial charge is 0.449 e. The average Bonchev–Trinajstić information content (AvgIpc) is 2.20. The van der Waals surface area contributed by atoms with Gasteiger partial charge in [0.25, 0.3) is 0 Å².